The summed E-state index contributed by atoms with van der Waals surface area (Å²) in [5.74, 6) is -0.0838. The molecule has 3 rings (SSSR count). The maximum atomic E-state index is 12.0. The number of halogens is 1. The Bertz CT molecular complexity index is 841. The molecule has 2 aromatic rings. The second-order valence-electron chi connectivity index (χ2n) is 4.97. The number of hydrogen-bond acceptors (Lipinski definition) is 5. The Morgan fingerprint density at radius 3 is 2.71 bits per heavy atom. The molecule has 1 aliphatic rings. The molecule has 0 atom stereocenters. The summed E-state index contributed by atoms with van der Waals surface area (Å²) in [5, 5.41) is 10.8. The summed E-state index contributed by atoms with van der Waals surface area (Å²) < 4.78 is 10.5. The lowest BCUT2D eigenvalue weighted by Gasteiger charge is -2.07. The number of carbonyl (C=O) groups is 1. The van der Waals surface area contributed by atoms with Crippen molar-refractivity contribution in [3.8, 4) is 11.5 Å². The normalized spacial score (nSPS) is 15.3. The van der Waals surface area contributed by atoms with Crippen LogP contribution in [0.4, 0.5) is 0 Å². The van der Waals surface area contributed by atoms with E-state index in [0.717, 1.165) is 0 Å². The number of nitrogens with zero attached hydrogens (tertiary/aromatic N) is 1. The highest BCUT2D eigenvalue weighted by Crippen LogP contribution is 2.32. The number of phenols is 1. The molecular weight excluding hydrogens is 330 g/mol. The van der Waals surface area contributed by atoms with Gasteiger partial charge in [-0.2, -0.15) is 0 Å². The Morgan fingerprint density at radius 1 is 1.25 bits per heavy atom. The first-order chi connectivity index (χ1) is 11.6. The average Bonchev–Trinajstić information content (AvgIpc) is 2.93. The third-order valence-corrected chi connectivity index (χ3v) is 3.59. The van der Waals surface area contributed by atoms with E-state index in [1.807, 2.05) is 6.92 Å². The molecule has 0 aliphatic carbocycles. The molecule has 24 heavy (non-hydrogen) atoms. The molecule has 1 N–H and O–H groups in total. The van der Waals surface area contributed by atoms with Gasteiger partial charge in [-0.1, -0.05) is 23.7 Å². The predicted octanol–water partition coefficient (Wildman–Crippen LogP) is 3.79. The lowest BCUT2D eigenvalue weighted by Crippen LogP contribution is -2.05. The molecule has 6 heteroatoms. The van der Waals surface area contributed by atoms with E-state index in [4.69, 9.17) is 21.1 Å². The van der Waals surface area contributed by atoms with Gasteiger partial charge in [0.25, 0.3) is 0 Å². The first kappa shape index (κ1) is 16.1. The number of cyclic esters (lactones) is 1. The van der Waals surface area contributed by atoms with E-state index in [1.165, 1.54) is 6.08 Å². The minimum Gasteiger partial charge on any atom is -0.504 e. The quantitative estimate of drug-likeness (QED) is 0.677. The van der Waals surface area contributed by atoms with Crippen LogP contribution in [-0.4, -0.2) is 23.6 Å². The van der Waals surface area contributed by atoms with Crippen molar-refractivity contribution in [2.45, 2.75) is 6.92 Å². The van der Waals surface area contributed by atoms with Crippen LogP contribution in [0.5, 0.6) is 11.5 Å². The summed E-state index contributed by atoms with van der Waals surface area (Å²) in [6.45, 7) is 2.25. The number of aromatic hydroxyl groups is 1. The van der Waals surface area contributed by atoms with Crippen LogP contribution in [0.15, 0.2) is 53.2 Å². The van der Waals surface area contributed by atoms with Crippen LogP contribution in [0.1, 0.15) is 18.1 Å². The molecule has 0 saturated heterocycles. The van der Waals surface area contributed by atoms with Crippen molar-refractivity contribution in [2.24, 2.45) is 4.99 Å². The van der Waals surface area contributed by atoms with Crippen LogP contribution in [0.2, 0.25) is 5.02 Å². The van der Waals surface area contributed by atoms with Crippen LogP contribution in [0.3, 0.4) is 0 Å². The van der Waals surface area contributed by atoms with Gasteiger partial charge < -0.3 is 14.6 Å². The number of benzene rings is 2. The van der Waals surface area contributed by atoms with Crippen molar-refractivity contribution in [1.29, 1.82) is 0 Å². The monoisotopic (exact) mass is 343 g/mol. The third kappa shape index (κ3) is 3.26. The molecule has 0 radical (unpaired) electrons. The number of para-hydroxylation sites is 1. The van der Waals surface area contributed by atoms with Crippen LogP contribution < -0.4 is 4.74 Å². The summed E-state index contributed by atoms with van der Waals surface area (Å²) in [7, 11) is 0. The number of phenolic OH excluding ortho intramolecular Hbond substituents is 1. The lowest BCUT2D eigenvalue weighted by atomic mass is 10.1. The number of carbonyl (C=O) groups excluding carboxylic acids is 1. The van der Waals surface area contributed by atoms with Crippen LogP contribution in [0, 0.1) is 0 Å². The maximum Gasteiger partial charge on any atom is 0.363 e. The largest absolute Gasteiger partial charge is 0.504 e. The van der Waals surface area contributed by atoms with Gasteiger partial charge in [-0.25, -0.2) is 9.79 Å². The maximum absolute atomic E-state index is 12.0. The summed E-state index contributed by atoms with van der Waals surface area (Å²) >= 11 is 5.84. The highest BCUT2D eigenvalue weighted by Gasteiger charge is 2.24. The molecule has 122 valence electrons. The van der Waals surface area contributed by atoms with Crippen molar-refractivity contribution in [2.75, 3.05) is 6.61 Å². The zero-order valence-electron chi connectivity index (χ0n) is 12.8. The number of ether oxygens (including phenoxy) is 2. The Morgan fingerprint density at radius 2 is 2.00 bits per heavy atom. The van der Waals surface area contributed by atoms with Gasteiger partial charge in [0.05, 0.1) is 6.61 Å². The molecule has 0 unspecified atom stereocenters. The SMILES string of the molecule is CCOc1cccc(/C=C2/N=C(c3ccc(Cl)cc3)OC2=O)c1O. The molecule has 5 nitrogen and oxygen atoms in total. The van der Waals surface area contributed by atoms with Gasteiger partial charge in [0, 0.05) is 16.1 Å². The molecule has 0 saturated carbocycles. The molecule has 0 aromatic heterocycles. The molecule has 1 aliphatic heterocycles. The molecule has 0 spiro atoms. The second-order valence-corrected chi connectivity index (χ2v) is 5.41. The molecule has 0 amide bonds. The van der Waals surface area contributed by atoms with E-state index in [-0.39, 0.29) is 17.3 Å². The fraction of sp³-hybridized carbons (Fsp3) is 0.111. The Kier molecular flexibility index (Phi) is 4.53. The standard InChI is InChI=1S/C18H14ClNO4/c1-2-23-15-5-3-4-12(16(15)21)10-14-18(22)24-17(20-14)11-6-8-13(19)9-7-11/h3-10,21H,2H2,1H3/b14-10+. The van der Waals surface area contributed by atoms with Gasteiger partial charge in [0.15, 0.2) is 17.2 Å². The minimum absolute atomic E-state index is 0.0465. The van der Waals surface area contributed by atoms with Gasteiger partial charge in [-0.05, 0) is 43.3 Å². The highest BCUT2D eigenvalue weighted by molar-refractivity contribution is 6.30. The molecular formula is C18H14ClNO4. The van der Waals surface area contributed by atoms with Crippen molar-refractivity contribution >= 4 is 29.5 Å². The molecule has 0 bridgehead atoms. The number of hydrogen-bond donors (Lipinski definition) is 1. The first-order valence-electron chi connectivity index (χ1n) is 7.31. The third-order valence-electron chi connectivity index (χ3n) is 3.33. The van der Waals surface area contributed by atoms with Gasteiger partial charge in [0.2, 0.25) is 5.90 Å². The topological polar surface area (TPSA) is 68.1 Å². The molecule has 2 aromatic carbocycles. The molecule has 0 fully saturated rings. The van der Waals surface area contributed by atoms with E-state index in [2.05, 4.69) is 4.99 Å². The Balaban J connectivity index is 1.94. The zero-order chi connectivity index (χ0) is 17.1. The number of aliphatic imine (C=N–C) groups is 1. The zero-order valence-corrected chi connectivity index (χ0v) is 13.6. The van der Waals surface area contributed by atoms with Crippen LogP contribution in [0.25, 0.3) is 6.08 Å². The average molecular weight is 344 g/mol. The minimum atomic E-state index is -0.582. The van der Waals surface area contributed by atoms with E-state index in [0.29, 0.717) is 28.5 Å². The Hall–Kier alpha value is -2.79. The molecule has 1 heterocycles. The smallest absolute Gasteiger partial charge is 0.363 e. The lowest BCUT2D eigenvalue weighted by molar-refractivity contribution is -0.129. The first-order valence-corrected chi connectivity index (χ1v) is 7.69. The van der Waals surface area contributed by atoms with Gasteiger partial charge in [-0.15, -0.1) is 0 Å². The van der Waals surface area contributed by atoms with Crippen molar-refractivity contribution in [3.05, 3.63) is 64.3 Å². The highest BCUT2D eigenvalue weighted by atomic mass is 35.5. The van der Waals surface area contributed by atoms with Crippen molar-refractivity contribution in [3.63, 3.8) is 0 Å². The van der Waals surface area contributed by atoms with Crippen LogP contribution >= 0.6 is 11.6 Å². The van der Waals surface area contributed by atoms with Gasteiger partial charge >= 0.3 is 5.97 Å². The van der Waals surface area contributed by atoms with Crippen molar-refractivity contribution < 1.29 is 19.4 Å². The fourth-order valence-electron chi connectivity index (χ4n) is 2.20. The summed E-state index contributed by atoms with van der Waals surface area (Å²) in [5.41, 5.74) is 1.17. The number of esters is 1. The Labute approximate surface area is 143 Å². The van der Waals surface area contributed by atoms with E-state index < -0.39 is 5.97 Å². The van der Waals surface area contributed by atoms with Crippen LogP contribution in [-0.2, 0) is 9.53 Å². The van der Waals surface area contributed by atoms with Gasteiger partial charge in [0.1, 0.15) is 0 Å². The summed E-state index contributed by atoms with van der Waals surface area (Å²) in [6, 6.07) is 11.8. The second kappa shape index (κ2) is 6.76. The van der Waals surface area contributed by atoms with E-state index >= 15 is 0 Å². The predicted molar refractivity (Wildman–Crippen MR) is 91.3 cm³/mol. The fourth-order valence-corrected chi connectivity index (χ4v) is 2.33. The van der Waals surface area contributed by atoms with Gasteiger partial charge in [-0.3, -0.25) is 0 Å². The number of rotatable bonds is 4. The van der Waals surface area contributed by atoms with E-state index in [1.54, 1.807) is 42.5 Å². The summed E-state index contributed by atoms with van der Waals surface area (Å²) in [4.78, 5) is 16.2. The summed E-state index contributed by atoms with van der Waals surface area (Å²) in [6.07, 6.45) is 1.46. The van der Waals surface area contributed by atoms with Crippen molar-refractivity contribution in [1.82, 2.24) is 0 Å². The van der Waals surface area contributed by atoms with E-state index in [9.17, 15) is 9.90 Å².